The zero-order valence-corrected chi connectivity index (χ0v) is 8.75. The fourth-order valence-corrected chi connectivity index (χ4v) is 1.83. The van der Waals surface area contributed by atoms with Crippen molar-refractivity contribution in [3.63, 3.8) is 0 Å². The number of hydrogen-bond donors (Lipinski definition) is 1. The van der Waals surface area contributed by atoms with Crippen molar-refractivity contribution in [2.24, 2.45) is 0 Å². The number of benzene rings is 1. The minimum absolute atomic E-state index is 0.289. The zero-order chi connectivity index (χ0) is 11.0. The van der Waals surface area contributed by atoms with Crippen molar-refractivity contribution in [2.75, 3.05) is 0 Å². The lowest BCUT2D eigenvalue weighted by atomic mass is 10.0. The van der Waals surface area contributed by atoms with Gasteiger partial charge in [-0.3, -0.25) is 0 Å². The number of carboxylic acids is 1. The van der Waals surface area contributed by atoms with E-state index in [9.17, 15) is 4.79 Å². The van der Waals surface area contributed by atoms with Crippen LogP contribution >= 0.6 is 11.6 Å². The van der Waals surface area contributed by atoms with E-state index >= 15 is 0 Å². The second-order valence-corrected chi connectivity index (χ2v) is 3.62. The summed E-state index contributed by atoms with van der Waals surface area (Å²) in [7, 11) is 0. The fraction of sp³-hybridized carbons (Fsp3) is 0.0909. The summed E-state index contributed by atoms with van der Waals surface area (Å²) in [6.07, 6.45) is 1.51. The van der Waals surface area contributed by atoms with Crippen LogP contribution in [0, 0.1) is 6.92 Å². The van der Waals surface area contributed by atoms with Crippen LogP contribution in [0.2, 0.25) is 5.15 Å². The molecule has 0 unspecified atom stereocenters. The monoisotopic (exact) mass is 221 g/mol. The van der Waals surface area contributed by atoms with Crippen LogP contribution in [0.1, 0.15) is 15.9 Å². The Morgan fingerprint density at radius 2 is 2.07 bits per heavy atom. The van der Waals surface area contributed by atoms with Gasteiger partial charge in [-0.25, -0.2) is 9.78 Å². The molecule has 76 valence electrons. The van der Waals surface area contributed by atoms with E-state index in [1.165, 1.54) is 6.20 Å². The van der Waals surface area contributed by atoms with Crippen molar-refractivity contribution in [3.05, 3.63) is 40.7 Å². The molecular formula is C11H8ClNO2. The number of nitrogens with zero attached hydrogens (tertiary/aromatic N) is 1. The van der Waals surface area contributed by atoms with Crippen LogP contribution in [0.15, 0.2) is 24.4 Å². The fourth-order valence-electron chi connectivity index (χ4n) is 1.61. The third-order valence-electron chi connectivity index (χ3n) is 2.32. The van der Waals surface area contributed by atoms with E-state index in [2.05, 4.69) is 4.98 Å². The molecule has 3 nitrogen and oxygen atoms in total. The first-order valence-corrected chi connectivity index (χ1v) is 4.76. The molecule has 0 bridgehead atoms. The quantitative estimate of drug-likeness (QED) is 0.754. The van der Waals surface area contributed by atoms with Crippen LogP contribution in [-0.4, -0.2) is 16.1 Å². The number of carboxylic acid groups (broad SMARTS) is 1. The molecule has 1 N–H and O–H groups in total. The largest absolute Gasteiger partial charge is 0.478 e. The highest BCUT2D eigenvalue weighted by Crippen LogP contribution is 2.26. The molecule has 0 aliphatic heterocycles. The SMILES string of the molecule is Cc1ccc2c(Cl)nccc2c1C(=O)O. The Hall–Kier alpha value is -1.61. The molecule has 1 heterocycles. The Bertz CT molecular complexity index is 552. The van der Waals surface area contributed by atoms with Gasteiger partial charge in [0.05, 0.1) is 5.56 Å². The molecule has 0 saturated carbocycles. The number of fused-ring (bicyclic) bond motifs is 1. The average Bonchev–Trinajstić information content (AvgIpc) is 2.17. The van der Waals surface area contributed by atoms with E-state index in [0.717, 1.165) is 5.56 Å². The van der Waals surface area contributed by atoms with Gasteiger partial charge in [0.1, 0.15) is 5.15 Å². The zero-order valence-electron chi connectivity index (χ0n) is 7.99. The topological polar surface area (TPSA) is 50.2 Å². The number of rotatable bonds is 1. The van der Waals surface area contributed by atoms with Gasteiger partial charge >= 0.3 is 5.97 Å². The second kappa shape index (κ2) is 3.51. The van der Waals surface area contributed by atoms with Crippen molar-refractivity contribution in [1.82, 2.24) is 4.98 Å². The van der Waals surface area contributed by atoms with Gasteiger partial charge in [0.25, 0.3) is 0 Å². The van der Waals surface area contributed by atoms with Gasteiger partial charge in [-0.05, 0) is 18.6 Å². The lowest BCUT2D eigenvalue weighted by Gasteiger charge is -2.06. The molecule has 2 rings (SSSR count). The van der Waals surface area contributed by atoms with E-state index in [4.69, 9.17) is 16.7 Å². The van der Waals surface area contributed by atoms with Gasteiger partial charge in [0.15, 0.2) is 0 Å². The first kappa shape index (κ1) is 9.93. The van der Waals surface area contributed by atoms with E-state index in [0.29, 0.717) is 15.9 Å². The normalized spacial score (nSPS) is 10.5. The van der Waals surface area contributed by atoms with Gasteiger partial charge in [-0.2, -0.15) is 0 Å². The molecule has 1 aromatic carbocycles. The Balaban J connectivity index is 2.94. The van der Waals surface area contributed by atoms with Crippen LogP contribution in [0.3, 0.4) is 0 Å². The maximum Gasteiger partial charge on any atom is 0.336 e. The number of halogens is 1. The van der Waals surface area contributed by atoms with E-state index in [1.54, 1.807) is 25.1 Å². The molecule has 0 aliphatic carbocycles. The minimum Gasteiger partial charge on any atom is -0.478 e. The molecule has 0 spiro atoms. The molecule has 0 atom stereocenters. The molecule has 0 fully saturated rings. The van der Waals surface area contributed by atoms with E-state index < -0.39 is 5.97 Å². The van der Waals surface area contributed by atoms with Gasteiger partial charge in [-0.1, -0.05) is 23.7 Å². The third kappa shape index (κ3) is 1.55. The highest BCUT2D eigenvalue weighted by atomic mass is 35.5. The van der Waals surface area contributed by atoms with Crippen molar-refractivity contribution in [1.29, 1.82) is 0 Å². The molecule has 15 heavy (non-hydrogen) atoms. The van der Waals surface area contributed by atoms with Gasteiger partial charge in [0, 0.05) is 17.0 Å². The lowest BCUT2D eigenvalue weighted by molar-refractivity contribution is 0.0698. The summed E-state index contributed by atoms with van der Waals surface area (Å²) in [4.78, 5) is 15.0. The lowest BCUT2D eigenvalue weighted by Crippen LogP contribution is -2.01. The summed E-state index contributed by atoms with van der Waals surface area (Å²) < 4.78 is 0. The first-order valence-electron chi connectivity index (χ1n) is 4.38. The standard InChI is InChI=1S/C11H8ClNO2/c1-6-2-3-8-7(9(6)11(14)15)4-5-13-10(8)12/h2-5H,1H3,(H,14,15). The van der Waals surface area contributed by atoms with E-state index in [-0.39, 0.29) is 5.56 Å². The highest BCUT2D eigenvalue weighted by Gasteiger charge is 2.13. The van der Waals surface area contributed by atoms with Gasteiger partial charge in [-0.15, -0.1) is 0 Å². The molecule has 1 aromatic heterocycles. The molecule has 0 saturated heterocycles. The molecule has 2 aromatic rings. The summed E-state index contributed by atoms with van der Waals surface area (Å²) >= 11 is 5.88. The average molecular weight is 222 g/mol. The molecular weight excluding hydrogens is 214 g/mol. The maximum atomic E-state index is 11.1. The Morgan fingerprint density at radius 3 is 2.73 bits per heavy atom. The molecule has 0 radical (unpaired) electrons. The predicted octanol–water partition coefficient (Wildman–Crippen LogP) is 2.89. The summed E-state index contributed by atoms with van der Waals surface area (Å²) in [6, 6.07) is 5.18. The van der Waals surface area contributed by atoms with Crippen molar-refractivity contribution < 1.29 is 9.90 Å². The number of aromatic carboxylic acids is 1. The maximum absolute atomic E-state index is 11.1. The Kier molecular flexibility index (Phi) is 2.32. The van der Waals surface area contributed by atoms with Crippen molar-refractivity contribution >= 4 is 28.3 Å². The van der Waals surface area contributed by atoms with Crippen molar-refractivity contribution in [3.8, 4) is 0 Å². The smallest absolute Gasteiger partial charge is 0.336 e. The van der Waals surface area contributed by atoms with Crippen LogP contribution in [0.5, 0.6) is 0 Å². The summed E-state index contributed by atoms with van der Waals surface area (Å²) in [5.74, 6) is -0.944. The van der Waals surface area contributed by atoms with Crippen LogP contribution in [-0.2, 0) is 0 Å². The Morgan fingerprint density at radius 1 is 1.33 bits per heavy atom. The summed E-state index contributed by atoms with van der Waals surface area (Å²) in [5, 5.41) is 10.7. The summed E-state index contributed by atoms with van der Waals surface area (Å²) in [5.41, 5.74) is 1.01. The van der Waals surface area contributed by atoms with Crippen LogP contribution < -0.4 is 0 Å². The summed E-state index contributed by atoms with van der Waals surface area (Å²) in [6.45, 7) is 1.76. The number of pyridine rings is 1. The third-order valence-corrected chi connectivity index (χ3v) is 2.62. The van der Waals surface area contributed by atoms with Gasteiger partial charge in [0.2, 0.25) is 0 Å². The number of carbonyl (C=O) groups is 1. The van der Waals surface area contributed by atoms with Crippen LogP contribution in [0.4, 0.5) is 0 Å². The second-order valence-electron chi connectivity index (χ2n) is 3.26. The number of hydrogen-bond acceptors (Lipinski definition) is 2. The Labute approximate surface area is 91.3 Å². The van der Waals surface area contributed by atoms with E-state index in [1.807, 2.05) is 0 Å². The minimum atomic E-state index is -0.944. The van der Waals surface area contributed by atoms with Crippen LogP contribution in [0.25, 0.3) is 10.8 Å². The van der Waals surface area contributed by atoms with Gasteiger partial charge < -0.3 is 5.11 Å². The number of aromatic nitrogens is 1. The molecule has 0 aliphatic rings. The molecule has 4 heteroatoms. The first-order chi connectivity index (χ1) is 7.11. The highest BCUT2D eigenvalue weighted by molar-refractivity contribution is 6.34. The van der Waals surface area contributed by atoms with Crippen molar-refractivity contribution in [2.45, 2.75) is 6.92 Å². The predicted molar refractivity (Wildman–Crippen MR) is 58.4 cm³/mol. The molecule has 0 amide bonds. The number of aryl methyl sites for hydroxylation is 1.